The predicted octanol–water partition coefficient (Wildman–Crippen LogP) is 2.45. The molecule has 0 radical (unpaired) electrons. The fourth-order valence-corrected chi connectivity index (χ4v) is 2.07. The second-order valence-electron chi connectivity index (χ2n) is 4.27. The van der Waals surface area contributed by atoms with Gasteiger partial charge in [-0.15, -0.1) is 0 Å². The van der Waals surface area contributed by atoms with Crippen LogP contribution in [0.15, 0.2) is 18.2 Å². The van der Waals surface area contributed by atoms with E-state index in [0.717, 1.165) is 24.0 Å². The molecule has 0 spiro atoms. The van der Waals surface area contributed by atoms with Crippen LogP contribution in [-0.4, -0.2) is 13.2 Å². The molecule has 0 saturated carbocycles. The van der Waals surface area contributed by atoms with Gasteiger partial charge in [-0.1, -0.05) is 19.4 Å². The van der Waals surface area contributed by atoms with Crippen LogP contribution < -0.4 is 11.3 Å². The maximum absolute atomic E-state index is 13.4. The van der Waals surface area contributed by atoms with E-state index in [0.29, 0.717) is 0 Å². The fourth-order valence-electron chi connectivity index (χ4n) is 2.07. The van der Waals surface area contributed by atoms with Crippen LogP contribution in [0.5, 0.6) is 0 Å². The molecule has 3 nitrogen and oxygen atoms in total. The number of hydrazine groups is 1. The molecule has 96 valence electrons. The van der Waals surface area contributed by atoms with Gasteiger partial charge < -0.3 is 4.74 Å². The summed E-state index contributed by atoms with van der Waals surface area (Å²) in [6, 6.07) is 4.74. The topological polar surface area (TPSA) is 47.3 Å². The Labute approximate surface area is 102 Å². The summed E-state index contributed by atoms with van der Waals surface area (Å²) in [4.78, 5) is 0. The molecule has 0 aliphatic heterocycles. The van der Waals surface area contributed by atoms with Crippen molar-refractivity contribution in [3.63, 3.8) is 0 Å². The fraction of sp³-hybridized carbons (Fsp3) is 0.538. The zero-order valence-electron chi connectivity index (χ0n) is 10.7. The summed E-state index contributed by atoms with van der Waals surface area (Å²) in [7, 11) is 1.65. The van der Waals surface area contributed by atoms with Crippen molar-refractivity contribution >= 4 is 0 Å². The Morgan fingerprint density at radius 2 is 2.12 bits per heavy atom. The van der Waals surface area contributed by atoms with Gasteiger partial charge in [-0.3, -0.25) is 11.3 Å². The first kappa shape index (κ1) is 14.1. The lowest BCUT2D eigenvalue weighted by atomic mass is 9.97. The van der Waals surface area contributed by atoms with E-state index in [4.69, 9.17) is 10.6 Å². The first-order valence-electron chi connectivity index (χ1n) is 5.88. The van der Waals surface area contributed by atoms with E-state index < -0.39 is 0 Å². The lowest BCUT2D eigenvalue weighted by Crippen LogP contribution is -2.37. The first-order valence-corrected chi connectivity index (χ1v) is 5.88. The standard InChI is InChI=1S/C13H21FN2O/c1-4-5-12(17-3)13(16-15)10-6-9(2)7-11(14)8-10/h6-8,12-13,16H,4-5,15H2,1-3H3. The summed E-state index contributed by atoms with van der Waals surface area (Å²) < 4.78 is 18.8. The SMILES string of the molecule is CCCC(OC)C(NN)c1cc(C)cc(F)c1. The quantitative estimate of drug-likeness (QED) is 0.593. The van der Waals surface area contributed by atoms with Gasteiger partial charge in [0.15, 0.2) is 0 Å². The molecule has 4 heteroatoms. The second-order valence-corrected chi connectivity index (χ2v) is 4.27. The number of benzene rings is 1. The van der Waals surface area contributed by atoms with Gasteiger partial charge in [0.2, 0.25) is 0 Å². The van der Waals surface area contributed by atoms with Crippen LogP contribution in [0.3, 0.4) is 0 Å². The number of ether oxygens (including phenoxy) is 1. The highest BCUT2D eigenvalue weighted by atomic mass is 19.1. The molecule has 0 aromatic heterocycles. The van der Waals surface area contributed by atoms with Crippen molar-refractivity contribution in [2.75, 3.05) is 7.11 Å². The van der Waals surface area contributed by atoms with Crippen molar-refractivity contribution in [2.24, 2.45) is 5.84 Å². The summed E-state index contributed by atoms with van der Waals surface area (Å²) in [6.45, 7) is 3.94. The Kier molecular flexibility index (Phi) is 5.55. The highest BCUT2D eigenvalue weighted by Crippen LogP contribution is 2.23. The minimum atomic E-state index is -0.244. The molecule has 0 amide bonds. The lowest BCUT2D eigenvalue weighted by molar-refractivity contribution is 0.0605. The summed E-state index contributed by atoms with van der Waals surface area (Å²) >= 11 is 0. The number of rotatable bonds is 6. The number of halogens is 1. The molecule has 0 bridgehead atoms. The molecule has 2 atom stereocenters. The largest absolute Gasteiger partial charge is 0.379 e. The molecule has 1 aromatic rings. The van der Waals surface area contributed by atoms with E-state index in [-0.39, 0.29) is 18.0 Å². The van der Waals surface area contributed by atoms with Gasteiger partial charge in [0.1, 0.15) is 5.82 Å². The number of hydrogen-bond acceptors (Lipinski definition) is 3. The third-order valence-electron chi connectivity index (χ3n) is 2.85. The zero-order chi connectivity index (χ0) is 12.8. The molecule has 0 fully saturated rings. The smallest absolute Gasteiger partial charge is 0.123 e. The van der Waals surface area contributed by atoms with Crippen molar-refractivity contribution in [2.45, 2.75) is 38.8 Å². The highest BCUT2D eigenvalue weighted by molar-refractivity contribution is 5.27. The third kappa shape index (κ3) is 3.77. The number of aryl methyl sites for hydroxylation is 1. The maximum atomic E-state index is 13.4. The van der Waals surface area contributed by atoms with E-state index in [1.165, 1.54) is 12.1 Å². The van der Waals surface area contributed by atoms with Crippen molar-refractivity contribution in [1.29, 1.82) is 0 Å². The second kappa shape index (κ2) is 6.69. The highest BCUT2D eigenvalue weighted by Gasteiger charge is 2.21. The summed E-state index contributed by atoms with van der Waals surface area (Å²) in [5.74, 6) is 5.32. The summed E-state index contributed by atoms with van der Waals surface area (Å²) in [5.41, 5.74) is 4.42. The molecule has 0 aliphatic rings. The van der Waals surface area contributed by atoms with Gasteiger partial charge in [-0.05, 0) is 36.6 Å². The number of methoxy groups -OCH3 is 1. The average molecular weight is 240 g/mol. The molecule has 17 heavy (non-hydrogen) atoms. The molecular formula is C13H21FN2O. The van der Waals surface area contributed by atoms with Crippen LogP contribution in [-0.2, 0) is 4.74 Å². The minimum Gasteiger partial charge on any atom is -0.379 e. The van der Waals surface area contributed by atoms with Crippen molar-refractivity contribution < 1.29 is 9.13 Å². The van der Waals surface area contributed by atoms with Crippen LogP contribution in [0.2, 0.25) is 0 Å². The normalized spacial score (nSPS) is 14.6. The monoisotopic (exact) mass is 240 g/mol. The lowest BCUT2D eigenvalue weighted by Gasteiger charge is -2.25. The Morgan fingerprint density at radius 3 is 2.59 bits per heavy atom. The Bertz CT molecular complexity index is 337. The number of hydrogen-bond donors (Lipinski definition) is 2. The Hall–Kier alpha value is -0.970. The van der Waals surface area contributed by atoms with E-state index in [2.05, 4.69) is 12.3 Å². The van der Waals surface area contributed by atoms with Crippen molar-refractivity contribution in [1.82, 2.24) is 5.43 Å². The molecule has 0 saturated heterocycles. The van der Waals surface area contributed by atoms with Gasteiger partial charge in [0.25, 0.3) is 0 Å². The van der Waals surface area contributed by atoms with Crippen molar-refractivity contribution in [3.8, 4) is 0 Å². The van der Waals surface area contributed by atoms with Crippen LogP contribution >= 0.6 is 0 Å². The average Bonchev–Trinajstić information content (AvgIpc) is 2.27. The molecule has 1 aromatic carbocycles. The van der Waals surface area contributed by atoms with Crippen LogP contribution in [0, 0.1) is 12.7 Å². The number of nitrogens with two attached hydrogens (primary N) is 1. The van der Waals surface area contributed by atoms with Gasteiger partial charge in [0.05, 0.1) is 12.1 Å². The molecule has 2 unspecified atom stereocenters. The van der Waals surface area contributed by atoms with E-state index in [9.17, 15) is 4.39 Å². The maximum Gasteiger partial charge on any atom is 0.123 e. The van der Waals surface area contributed by atoms with Crippen LogP contribution in [0.1, 0.15) is 36.9 Å². The minimum absolute atomic E-state index is 0.0498. The van der Waals surface area contributed by atoms with E-state index in [1.54, 1.807) is 7.11 Å². The molecule has 0 heterocycles. The van der Waals surface area contributed by atoms with Crippen LogP contribution in [0.4, 0.5) is 4.39 Å². The zero-order valence-corrected chi connectivity index (χ0v) is 10.7. The number of nitrogens with one attached hydrogen (secondary N) is 1. The molecule has 3 N–H and O–H groups in total. The van der Waals surface area contributed by atoms with E-state index in [1.807, 2.05) is 13.0 Å². The summed E-state index contributed by atoms with van der Waals surface area (Å²) in [6.07, 6.45) is 1.82. The molecule has 0 aliphatic carbocycles. The third-order valence-corrected chi connectivity index (χ3v) is 2.85. The predicted molar refractivity (Wildman–Crippen MR) is 66.9 cm³/mol. The van der Waals surface area contributed by atoms with Gasteiger partial charge in [-0.2, -0.15) is 0 Å². The van der Waals surface area contributed by atoms with Gasteiger partial charge in [-0.25, -0.2) is 4.39 Å². The first-order chi connectivity index (χ1) is 8.12. The van der Waals surface area contributed by atoms with Gasteiger partial charge in [0, 0.05) is 7.11 Å². The van der Waals surface area contributed by atoms with Crippen LogP contribution in [0.25, 0.3) is 0 Å². The summed E-state index contributed by atoms with van der Waals surface area (Å²) in [5, 5.41) is 0. The Balaban J connectivity index is 2.98. The van der Waals surface area contributed by atoms with E-state index >= 15 is 0 Å². The molecular weight excluding hydrogens is 219 g/mol. The Morgan fingerprint density at radius 1 is 1.41 bits per heavy atom. The molecule has 1 rings (SSSR count). The van der Waals surface area contributed by atoms with Gasteiger partial charge >= 0.3 is 0 Å². The van der Waals surface area contributed by atoms with Crippen molar-refractivity contribution in [3.05, 3.63) is 35.1 Å².